The van der Waals surface area contributed by atoms with Crippen molar-refractivity contribution in [3.63, 3.8) is 0 Å². The Hall–Kier alpha value is -0.0906. The van der Waals surface area contributed by atoms with Gasteiger partial charge in [-0.3, -0.25) is 13.6 Å². The van der Waals surface area contributed by atoms with Gasteiger partial charge in [-0.15, -0.1) is 0 Å². The third-order valence-corrected chi connectivity index (χ3v) is 0.682. The van der Waals surface area contributed by atoms with Crippen molar-refractivity contribution < 1.29 is 39.9 Å². The molecule has 0 bridgehead atoms. The van der Waals surface area contributed by atoms with E-state index < -0.39 is 0 Å². The monoisotopic (exact) mass is 355 g/mol. The van der Waals surface area contributed by atoms with E-state index in [1.54, 1.807) is 13.8 Å². The molecule has 0 rings (SSSR count). The predicted octanol–water partition coefficient (Wildman–Crippen LogP) is -0.413. The minimum absolute atomic E-state index is 0. The molecule has 0 aromatic heterocycles. The summed E-state index contributed by atoms with van der Waals surface area (Å²) in [5.74, 6) is 0. The molecule has 0 aromatic carbocycles. The Morgan fingerprint density at radius 1 is 1.00 bits per heavy atom. The van der Waals surface area contributed by atoms with Crippen LogP contribution in [0.25, 0.3) is 0 Å². The molecule has 0 fully saturated rings. The fourth-order valence-corrected chi connectivity index (χ4v) is 0.494. The number of aliphatic hydroxyl groups excluding tert-OH is 2. The number of carbonyl (C=O) groups excluding carboxylic acids is 2. The Kier molecular flexibility index (Phi) is 42.4. The van der Waals surface area contributed by atoms with E-state index in [2.05, 4.69) is 13.6 Å². The van der Waals surface area contributed by atoms with Gasteiger partial charge in [-0.2, -0.15) is 0 Å². The first-order valence-electron chi connectivity index (χ1n) is 2.96. The number of hydrogen-bond acceptors (Lipinski definition) is 4. The first-order valence-corrected chi connectivity index (χ1v) is 2.96. The van der Waals surface area contributed by atoms with Crippen LogP contribution in [-0.4, -0.2) is 36.0 Å². The summed E-state index contributed by atoms with van der Waals surface area (Å²) in [7, 11) is 0. The molecule has 0 spiro atoms. The third-order valence-electron chi connectivity index (χ3n) is 0.682. The molecule has 1 radical (unpaired) electrons. The molecular weight excluding hydrogens is 340 g/mol. The van der Waals surface area contributed by atoms with Gasteiger partial charge in [0.15, 0.2) is 0 Å². The van der Waals surface area contributed by atoms with E-state index in [-0.39, 0.29) is 32.3 Å². The quantitative estimate of drug-likeness (QED) is 0.522. The topological polar surface area (TPSA) is 74.6 Å². The molecule has 5 heteroatoms. The molecular formula is C7H14IrO4-2. The van der Waals surface area contributed by atoms with Crippen LogP contribution in [0.2, 0.25) is 0 Å². The fraction of sp³-hybridized carbons (Fsp3) is 0.714. The molecule has 0 aromatic rings. The van der Waals surface area contributed by atoms with E-state index in [9.17, 15) is 0 Å². The predicted molar refractivity (Wildman–Crippen MR) is 41.5 cm³/mol. The third kappa shape index (κ3) is 51.5. The first kappa shape index (κ1) is 22.7. The second-order valence-electron chi connectivity index (χ2n) is 1.93. The maximum Gasteiger partial charge on any atom is 0.0536 e. The van der Waals surface area contributed by atoms with Gasteiger partial charge in [0.05, 0.1) is 12.2 Å². The number of aliphatic hydroxyl groups is 2. The summed E-state index contributed by atoms with van der Waals surface area (Å²) in [5, 5.41) is 17.1. The van der Waals surface area contributed by atoms with Crippen molar-refractivity contribution >= 4 is 13.6 Å². The van der Waals surface area contributed by atoms with Crippen LogP contribution in [0.4, 0.5) is 0 Å². The van der Waals surface area contributed by atoms with Crippen LogP contribution in [0.3, 0.4) is 0 Å². The van der Waals surface area contributed by atoms with Gasteiger partial charge >= 0.3 is 0 Å². The standard InChI is InChI=1S/C5H12O2.2CHO.Ir/c1-4(6)3-5(2)7;2*1-2;/h4-7H,3H2,1-2H3;2*1H;/q;2*-1;. The van der Waals surface area contributed by atoms with Crippen molar-refractivity contribution in [2.24, 2.45) is 0 Å². The molecule has 0 saturated carbocycles. The minimum Gasteiger partial charge on any atom is -0.545 e. The van der Waals surface area contributed by atoms with Crippen LogP contribution >= 0.6 is 0 Å². The van der Waals surface area contributed by atoms with E-state index in [1.807, 2.05) is 0 Å². The summed E-state index contributed by atoms with van der Waals surface area (Å²) in [6, 6.07) is 0. The van der Waals surface area contributed by atoms with Gasteiger partial charge in [0, 0.05) is 20.1 Å². The molecule has 2 unspecified atom stereocenters. The van der Waals surface area contributed by atoms with Crippen molar-refractivity contribution in [3.05, 3.63) is 0 Å². The Balaban J connectivity index is -0.0000000560. The van der Waals surface area contributed by atoms with Crippen LogP contribution in [-0.2, 0) is 29.7 Å². The first-order chi connectivity index (χ1) is 5.13. The van der Waals surface area contributed by atoms with Gasteiger partial charge in [-0.25, -0.2) is 0 Å². The molecule has 0 aliphatic carbocycles. The van der Waals surface area contributed by atoms with Crippen molar-refractivity contribution in [2.45, 2.75) is 32.5 Å². The summed E-state index contributed by atoms with van der Waals surface area (Å²) in [6.45, 7) is 9.82. The number of hydrogen-bond donors (Lipinski definition) is 2. The molecule has 0 heterocycles. The fourth-order valence-electron chi connectivity index (χ4n) is 0.494. The Morgan fingerprint density at radius 3 is 1.17 bits per heavy atom. The van der Waals surface area contributed by atoms with Gasteiger partial charge < -0.3 is 19.8 Å². The smallest absolute Gasteiger partial charge is 0.0536 e. The Bertz CT molecular complexity index is 60.4. The van der Waals surface area contributed by atoms with Gasteiger partial charge in [0.2, 0.25) is 0 Å². The molecule has 12 heavy (non-hydrogen) atoms. The van der Waals surface area contributed by atoms with Crippen molar-refractivity contribution in [1.29, 1.82) is 0 Å². The minimum atomic E-state index is -0.375. The zero-order valence-electron chi connectivity index (χ0n) is 7.06. The largest absolute Gasteiger partial charge is 0.545 e. The average Bonchev–Trinajstić information content (AvgIpc) is 1.93. The van der Waals surface area contributed by atoms with Crippen LogP contribution < -0.4 is 0 Å². The maximum absolute atomic E-state index is 8.56. The summed E-state index contributed by atoms with van der Waals surface area (Å²) < 4.78 is 0. The molecule has 4 nitrogen and oxygen atoms in total. The van der Waals surface area contributed by atoms with Gasteiger partial charge in [-0.1, -0.05) is 0 Å². The molecule has 77 valence electrons. The summed E-state index contributed by atoms with van der Waals surface area (Å²) >= 11 is 0. The van der Waals surface area contributed by atoms with Crippen LogP contribution in [0, 0.1) is 0 Å². The second kappa shape index (κ2) is 22.4. The van der Waals surface area contributed by atoms with Crippen molar-refractivity contribution in [2.75, 3.05) is 0 Å². The second-order valence-corrected chi connectivity index (χ2v) is 1.93. The zero-order chi connectivity index (χ0) is 9.86. The van der Waals surface area contributed by atoms with E-state index in [4.69, 9.17) is 19.8 Å². The van der Waals surface area contributed by atoms with Crippen molar-refractivity contribution in [3.8, 4) is 0 Å². The van der Waals surface area contributed by atoms with Gasteiger partial charge in [0.25, 0.3) is 0 Å². The van der Waals surface area contributed by atoms with Crippen LogP contribution in [0.1, 0.15) is 20.3 Å². The summed E-state index contributed by atoms with van der Waals surface area (Å²) in [5.41, 5.74) is 0. The van der Waals surface area contributed by atoms with Crippen molar-refractivity contribution in [1.82, 2.24) is 0 Å². The average molecular weight is 354 g/mol. The van der Waals surface area contributed by atoms with Crippen LogP contribution in [0.5, 0.6) is 0 Å². The summed E-state index contributed by atoms with van der Waals surface area (Å²) in [4.78, 5) is 15.5. The Morgan fingerprint density at radius 2 is 1.17 bits per heavy atom. The normalized spacial score (nSPS) is 11.7. The summed E-state index contributed by atoms with van der Waals surface area (Å²) in [6.07, 6.45) is -0.278. The van der Waals surface area contributed by atoms with Gasteiger partial charge in [0.1, 0.15) is 0 Å². The van der Waals surface area contributed by atoms with E-state index in [0.29, 0.717) is 6.42 Å². The van der Waals surface area contributed by atoms with Gasteiger partial charge in [-0.05, 0) is 20.3 Å². The molecule has 2 atom stereocenters. The van der Waals surface area contributed by atoms with E-state index >= 15 is 0 Å². The van der Waals surface area contributed by atoms with E-state index in [1.165, 1.54) is 0 Å². The van der Waals surface area contributed by atoms with E-state index in [0.717, 1.165) is 0 Å². The molecule has 0 aliphatic heterocycles. The Labute approximate surface area is 86.3 Å². The SMILES string of the molecule is CC(O)CC(C)O.[CH-]=O.[CH-]=O.[Ir]. The molecule has 0 amide bonds. The molecule has 0 aliphatic rings. The molecule has 2 N–H and O–H groups in total. The zero-order valence-corrected chi connectivity index (χ0v) is 9.46. The van der Waals surface area contributed by atoms with Crippen LogP contribution in [0.15, 0.2) is 0 Å². The molecule has 0 saturated heterocycles. The number of rotatable bonds is 2. The maximum atomic E-state index is 8.56.